The number of nitrogens with zero attached hydrogens (tertiary/aromatic N) is 1. The van der Waals surface area contributed by atoms with Crippen molar-refractivity contribution < 1.29 is 18.3 Å². The molecule has 0 aromatic carbocycles. The molecule has 0 heterocycles. The van der Waals surface area contributed by atoms with Gasteiger partial charge in [0.25, 0.3) is 0 Å². The Morgan fingerprint density at radius 3 is 2.25 bits per heavy atom. The van der Waals surface area contributed by atoms with Gasteiger partial charge in [0.2, 0.25) is 6.43 Å². The van der Waals surface area contributed by atoms with Crippen molar-refractivity contribution in [2.24, 2.45) is 11.7 Å². The van der Waals surface area contributed by atoms with Crippen LogP contribution in [-0.4, -0.2) is 43.2 Å². The number of halogens is 2. The fraction of sp³-hybridized carbons (Fsp3) is 0.900. The molecule has 1 amide bonds. The van der Waals surface area contributed by atoms with Crippen molar-refractivity contribution in [1.82, 2.24) is 4.90 Å². The molecule has 0 aliphatic carbocycles. The zero-order valence-corrected chi connectivity index (χ0v) is 10.2. The van der Waals surface area contributed by atoms with Gasteiger partial charge in [-0.25, -0.2) is 13.6 Å². The summed E-state index contributed by atoms with van der Waals surface area (Å²) >= 11 is 0. The molecule has 0 spiro atoms. The third kappa shape index (κ3) is 5.85. The molecule has 0 radical (unpaired) electrons. The number of nitrogens with two attached hydrogens (primary N) is 1. The lowest BCUT2D eigenvalue weighted by Crippen LogP contribution is -2.40. The highest BCUT2D eigenvalue weighted by Gasteiger charge is 2.25. The molecule has 16 heavy (non-hydrogen) atoms. The fourth-order valence-corrected chi connectivity index (χ4v) is 1.02. The van der Waals surface area contributed by atoms with E-state index in [0.717, 1.165) is 4.90 Å². The average molecular weight is 238 g/mol. The van der Waals surface area contributed by atoms with Gasteiger partial charge in [-0.3, -0.25) is 0 Å². The minimum absolute atomic E-state index is 0.108. The van der Waals surface area contributed by atoms with Crippen LogP contribution in [0.1, 0.15) is 20.8 Å². The van der Waals surface area contributed by atoms with Crippen LogP contribution < -0.4 is 5.73 Å². The van der Waals surface area contributed by atoms with Crippen LogP contribution in [-0.2, 0) is 4.74 Å². The number of carbonyl (C=O) groups excluding carboxylic acids is 1. The van der Waals surface area contributed by atoms with E-state index >= 15 is 0 Å². The molecule has 0 aromatic heterocycles. The molecule has 4 nitrogen and oxygen atoms in total. The number of amides is 1. The number of alkyl halides is 2. The number of rotatable bonds is 4. The zero-order chi connectivity index (χ0) is 12.9. The quantitative estimate of drug-likeness (QED) is 0.811. The SMILES string of the molecule is CN(CC(CN)C(F)F)C(=O)OC(C)(C)C. The predicted octanol–water partition coefficient (Wildman–Crippen LogP) is 1.69. The van der Waals surface area contributed by atoms with Gasteiger partial charge < -0.3 is 15.4 Å². The lowest BCUT2D eigenvalue weighted by Gasteiger charge is -2.26. The maximum Gasteiger partial charge on any atom is 0.410 e. The first-order valence-corrected chi connectivity index (χ1v) is 5.09. The van der Waals surface area contributed by atoms with E-state index in [2.05, 4.69) is 0 Å². The summed E-state index contributed by atoms with van der Waals surface area (Å²) in [5.41, 5.74) is 4.56. The molecule has 6 heteroatoms. The summed E-state index contributed by atoms with van der Waals surface area (Å²) in [6.45, 7) is 4.87. The third-order valence-corrected chi connectivity index (χ3v) is 1.87. The summed E-state index contributed by atoms with van der Waals surface area (Å²) in [5.74, 6) is -1.02. The Morgan fingerprint density at radius 1 is 1.44 bits per heavy atom. The molecule has 1 atom stereocenters. The molecule has 0 fully saturated rings. The first-order chi connectivity index (χ1) is 7.17. The molecule has 0 aliphatic heterocycles. The summed E-state index contributed by atoms with van der Waals surface area (Å²) in [4.78, 5) is 12.6. The second kappa shape index (κ2) is 5.98. The Labute approximate surface area is 94.7 Å². The van der Waals surface area contributed by atoms with Gasteiger partial charge in [-0.2, -0.15) is 0 Å². The maximum absolute atomic E-state index is 12.4. The van der Waals surface area contributed by atoms with Crippen molar-refractivity contribution in [2.75, 3.05) is 20.1 Å². The topological polar surface area (TPSA) is 55.6 Å². The standard InChI is InChI=1S/C10H20F2N2O2/c1-10(2,3)16-9(15)14(4)6-7(5-13)8(11)12/h7-8H,5-6,13H2,1-4H3. The first-order valence-electron chi connectivity index (χ1n) is 5.09. The zero-order valence-electron chi connectivity index (χ0n) is 10.2. The minimum atomic E-state index is -2.53. The molecule has 0 aliphatic rings. The molecule has 0 bridgehead atoms. The highest BCUT2D eigenvalue weighted by atomic mass is 19.3. The van der Waals surface area contributed by atoms with E-state index in [4.69, 9.17) is 10.5 Å². The van der Waals surface area contributed by atoms with Crippen LogP contribution in [0.2, 0.25) is 0 Å². The summed E-state index contributed by atoms with van der Waals surface area (Å²) < 4.78 is 29.8. The van der Waals surface area contributed by atoms with E-state index in [1.807, 2.05) is 0 Å². The van der Waals surface area contributed by atoms with Gasteiger partial charge in [0.15, 0.2) is 0 Å². The molecular weight excluding hydrogens is 218 g/mol. The van der Waals surface area contributed by atoms with Crippen LogP contribution in [0.5, 0.6) is 0 Å². The smallest absolute Gasteiger partial charge is 0.410 e. The van der Waals surface area contributed by atoms with Crippen LogP contribution in [0, 0.1) is 5.92 Å². The maximum atomic E-state index is 12.4. The van der Waals surface area contributed by atoms with Crippen LogP contribution in [0.15, 0.2) is 0 Å². The molecule has 96 valence electrons. The number of hydrogen-bond acceptors (Lipinski definition) is 3. The van der Waals surface area contributed by atoms with E-state index in [1.165, 1.54) is 7.05 Å². The highest BCUT2D eigenvalue weighted by molar-refractivity contribution is 5.67. The third-order valence-electron chi connectivity index (χ3n) is 1.87. The first kappa shape index (κ1) is 15.1. The fourth-order valence-electron chi connectivity index (χ4n) is 1.02. The second-order valence-corrected chi connectivity index (χ2v) is 4.69. The van der Waals surface area contributed by atoms with Gasteiger partial charge in [-0.1, -0.05) is 0 Å². The van der Waals surface area contributed by atoms with E-state index in [-0.39, 0.29) is 13.1 Å². The van der Waals surface area contributed by atoms with Crippen LogP contribution in [0.3, 0.4) is 0 Å². The predicted molar refractivity (Wildman–Crippen MR) is 57.4 cm³/mol. The van der Waals surface area contributed by atoms with Crippen LogP contribution in [0.25, 0.3) is 0 Å². The Balaban J connectivity index is 4.24. The largest absolute Gasteiger partial charge is 0.444 e. The summed E-state index contributed by atoms with van der Waals surface area (Å²) in [6, 6.07) is 0. The number of carbonyl (C=O) groups is 1. The van der Waals surface area contributed by atoms with Crippen molar-refractivity contribution in [3.05, 3.63) is 0 Å². The van der Waals surface area contributed by atoms with Crippen molar-refractivity contribution in [1.29, 1.82) is 0 Å². The lowest BCUT2D eigenvalue weighted by atomic mass is 10.1. The van der Waals surface area contributed by atoms with E-state index < -0.39 is 24.0 Å². The molecule has 0 saturated heterocycles. The van der Waals surface area contributed by atoms with Gasteiger partial charge in [0.05, 0.1) is 0 Å². The molecule has 0 aromatic rings. The molecule has 1 unspecified atom stereocenters. The normalized spacial score (nSPS) is 13.8. The average Bonchev–Trinajstić information content (AvgIpc) is 2.10. The monoisotopic (exact) mass is 238 g/mol. The second-order valence-electron chi connectivity index (χ2n) is 4.69. The van der Waals surface area contributed by atoms with E-state index in [0.29, 0.717) is 0 Å². The minimum Gasteiger partial charge on any atom is -0.444 e. The summed E-state index contributed by atoms with van der Waals surface area (Å²) in [7, 11) is 1.42. The highest BCUT2D eigenvalue weighted by Crippen LogP contribution is 2.13. The summed E-state index contributed by atoms with van der Waals surface area (Å²) in [6.07, 6.45) is -3.15. The van der Waals surface area contributed by atoms with Crippen molar-refractivity contribution in [3.8, 4) is 0 Å². The number of ether oxygens (including phenoxy) is 1. The van der Waals surface area contributed by atoms with Crippen molar-refractivity contribution in [3.63, 3.8) is 0 Å². The van der Waals surface area contributed by atoms with Gasteiger partial charge in [0.1, 0.15) is 5.60 Å². The van der Waals surface area contributed by atoms with E-state index in [9.17, 15) is 13.6 Å². The van der Waals surface area contributed by atoms with Gasteiger partial charge in [0, 0.05) is 26.1 Å². The number of hydrogen-bond donors (Lipinski definition) is 1. The lowest BCUT2D eigenvalue weighted by molar-refractivity contribution is 0.0163. The molecule has 0 rings (SSSR count). The Morgan fingerprint density at radius 2 is 1.94 bits per heavy atom. The summed E-state index contributed by atoms with van der Waals surface area (Å²) in [5, 5.41) is 0. The Bertz CT molecular complexity index is 229. The van der Waals surface area contributed by atoms with Crippen molar-refractivity contribution in [2.45, 2.75) is 32.8 Å². The van der Waals surface area contributed by atoms with Crippen LogP contribution in [0.4, 0.5) is 13.6 Å². The Hall–Kier alpha value is -0.910. The molecule has 0 saturated carbocycles. The Kier molecular flexibility index (Phi) is 5.64. The van der Waals surface area contributed by atoms with Crippen LogP contribution >= 0.6 is 0 Å². The molecule has 2 N–H and O–H groups in total. The molecular formula is C10H20F2N2O2. The van der Waals surface area contributed by atoms with E-state index in [1.54, 1.807) is 20.8 Å². The van der Waals surface area contributed by atoms with Gasteiger partial charge >= 0.3 is 6.09 Å². The van der Waals surface area contributed by atoms with Crippen molar-refractivity contribution >= 4 is 6.09 Å². The van der Waals surface area contributed by atoms with Gasteiger partial charge in [-0.05, 0) is 20.8 Å². The van der Waals surface area contributed by atoms with Gasteiger partial charge in [-0.15, -0.1) is 0 Å².